The molecule has 2 amide bonds. The normalized spacial score (nSPS) is 18.0. The van der Waals surface area contributed by atoms with Crippen molar-refractivity contribution in [1.29, 1.82) is 0 Å². The Morgan fingerprint density at radius 2 is 2.33 bits per heavy atom. The van der Waals surface area contributed by atoms with Crippen LogP contribution in [0.15, 0.2) is 15.2 Å². The minimum Gasteiger partial charge on any atom is -0.444 e. The molecule has 0 radical (unpaired) electrons. The molecule has 0 aromatic carbocycles. The zero-order valence-electron chi connectivity index (χ0n) is 12.1. The number of nitrogens with one attached hydrogen (secondary N) is 1. The second-order valence-electron chi connectivity index (χ2n) is 5.00. The molecule has 1 fully saturated rings. The van der Waals surface area contributed by atoms with Crippen LogP contribution in [-0.4, -0.2) is 40.9 Å². The minimum atomic E-state index is -0.414. The van der Waals surface area contributed by atoms with E-state index >= 15 is 0 Å². The van der Waals surface area contributed by atoms with Crippen LogP contribution in [-0.2, 0) is 4.79 Å². The van der Waals surface area contributed by atoms with Gasteiger partial charge in [-0.3, -0.25) is 9.59 Å². The van der Waals surface area contributed by atoms with Crippen molar-refractivity contribution in [1.82, 2.24) is 10.2 Å². The van der Waals surface area contributed by atoms with E-state index < -0.39 is 6.04 Å². The van der Waals surface area contributed by atoms with Gasteiger partial charge in [0.05, 0.1) is 5.88 Å². The molecule has 2 rings (SSSR count). The molecule has 0 aliphatic carbocycles. The molecule has 1 saturated heterocycles. The number of unbranched alkanes of at least 4 members (excludes halogenated alkanes) is 1. The molecule has 1 aromatic rings. The van der Waals surface area contributed by atoms with E-state index in [1.807, 2.05) is 6.92 Å². The number of carbonyl (C=O) groups excluding carboxylic acids is 2. The van der Waals surface area contributed by atoms with Gasteiger partial charge in [-0.1, -0.05) is 13.3 Å². The van der Waals surface area contributed by atoms with Crippen LogP contribution in [0.3, 0.4) is 0 Å². The Hall–Kier alpha value is -0.950. The van der Waals surface area contributed by atoms with Crippen LogP contribution in [0.5, 0.6) is 0 Å². The van der Waals surface area contributed by atoms with E-state index in [4.69, 9.17) is 4.42 Å². The van der Waals surface area contributed by atoms with Crippen LogP contribution in [0.1, 0.15) is 35.9 Å². The fraction of sp³-hybridized carbons (Fsp3) is 0.571. The van der Waals surface area contributed by atoms with Crippen LogP contribution >= 0.6 is 27.7 Å². The van der Waals surface area contributed by atoms with E-state index in [-0.39, 0.29) is 11.8 Å². The van der Waals surface area contributed by atoms with Gasteiger partial charge in [-0.25, -0.2) is 0 Å². The second-order valence-corrected chi connectivity index (χ2v) is 6.78. The quantitative estimate of drug-likeness (QED) is 0.804. The summed E-state index contributed by atoms with van der Waals surface area (Å²) in [6, 6.07) is 1.34. The van der Waals surface area contributed by atoms with E-state index in [1.165, 1.54) is 0 Å². The van der Waals surface area contributed by atoms with E-state index in [9.17, 15) is 9.59 Å². The number of furan rings is 1. The molecule has 1 atom stereocenters. The van der Waals surface area contributed by atoms with Crippen molar-refractivity contribution in [3.63, 3.8) is 0 Å². The lowest BCUT2D eigenvalue weighted by Gasteiger charge is -2.22. The Labute approximate surface area is 136 Å². The van der Waals surface area contributed by atoms with Gasteiger partial charge in [-0.15, -0.1) is 11.8 Å². The number of hydrogen-bond acceptors (Lipinski definition) is 4. The third kappa shape index (κ3) is 3.83. The number of halogens is 1. The van der Waals surface area contributed by atoms with Gasteiger partial charge in [0.1, 0.15) is 6.04 Å². The molecule has 1 aromatic heterocycles. The number of amides is 2. The average Bonchev–Trinajstić information content (AvgIpc) is 3.04. The molecule has 1 aliphatic heterocycles. The van der Waals surface area contributed by atoms with E-state index in [1.54, 1.807) is 22.7 Å². The number of thioether (sulfide) groups is 1. The first-order valence-corrected chi connectivity index (χ1v) is 8.91. The summed E-state index contributed by atoms with van der Waals surface area (Å²) in [5.41, 5.74) is 0.772. The molecule has 0 bridgehead atoms. The first-order chi connectivity index (χ1) is 10.0. The largest absolute Gasteiger partial charge is 0.444 e. The van der Waals surface area contributed by atoms with Gasteiger partial charge >= 0.3 is 0 Å². The van der Waals surface area contributed by atoms with Crippen molar-refractivity contribution in [2.24, 2.45) is 0 Å². The summed E-state index contributed by atoms with van der Waals surface area (Å²) in [5, 5.41) is 2.90. The van der Waals surface area contributed by atoms with Crippen LogP contribution in [0.25, 0.3) is 0 Å². The fourth-order valence-corrected chi connectivity index (χ4v) is 3.81. The highest BCUT2D eigenvalue weighted by molar-refractivity contribution is 9.10. The maximum Gasteiger partial charge on any atom is 0.291 e. The van der Waals surface area contributed by atoms with Crippen molar-refractivity contribution < 1.29 is 14.0 Å². The standard InChI is InChI=1S/C14H19BrN2O3S/c1-3-4-5-16-13(18)10-7-21-8-17(10)14(19)12-9(2)6-11(15)20-12/h6,10H,3-5,7-8H2,1-2H3,(H,16,18). The van der Waals surface area contributed by atoms with E-state index in [2.05, 4.69) is 28.2 Å². The van der Waals surface area contributed by atoms with E-state index in [0.29, 0.717) is 28.6 Å². The summed E-state index contributed by atoms with van der Waals surface area (Å²) in [6.07, 6.45) is 1.98. The van der Waals surface area contributed by atoms with Crippen molar-refractivity contribution in [2.75, 3.05) is 18.2 Å². The number of carbonyl (C=O) groups is 2. The summed E-state index contributed by atoms with van der Waals surface area (Å²) < 4.78 is 5.93. The molecule has 116 valence electrons. The minimum absolute atomic E-state index is 0.0786. The molecule has 0 saturated carbocycles. The highest BCUT2D eigenvalue weighted by Gasteiger charge is 2.36. The maximum absolute atomic E-state index is 12.5. The molecule has 2 heterocycles. The Balaban J connectivity index is 2.06. The first-order valence-electron chi connectivity index (χ1n) is 6.97. The van der Waals surface area contributed by atoms with Crippen molar-refractivity contribution in [3.8, 4) is 0 Å². The lowest BCUT2D eigenvalue weighted by Crippen LogP contribution is -2.47. The number of hydrogen-bond donors (Lipinski definition) is 1. The molecular formula is C14H19BrN2O3S. The first kappa shape index (κ1) is 16.4. The zero-order valence-corrected chi connectivity index (χ0v) is 14.6. The van der Waals surface area contributed by atoms with E-state index in [0.717, 1.165) is 18.4 Å². The molecule has 5 nitrogen and oxygen atoms in total. The maximum atomic E-state index is 12.5. The molecule has 21 heavy (non-hydrogen) atoms. The molecule has 7 heteroatoms. The lowest BCUT2D eigenvalue weighted by molar-refractivity contribution is -0.124. The Bertz CT molecular complexity index is 532. The van der Waals surface area contributed by atoms with Gasteiger partial charge in [-0.05, 0) is 35.3 Å². The Morgan fingerprint density at radius 3 is 2.95 bits per heavy atom. The van der Waals surface area contributed by atoms with Gasteiger partial charge in [0.2, 0.25) is 5.91 Å². The Kier molecular flexibility index (Phi) is 5.75. The number of rotatable bonds is 5. The monoisotopic (exact) mass is 374 g/mol. The van der Waals surface area contributed by atoms with Crippen LogP contribution in [0.4, 0.5) is 0 Å². The van der Waals surface area contributed by atoms with Gasteiger partial charge in [0.15, 0.2) is 10.4 Å². The van der Waals surface area contributed by atoms with Crippen molar-refractivity contribution in [2.45, 2.75) is 32.7 Å². The Morgan fingerprint density at radius 1 is 1.57 bits per heavy atom. The van der Waals surface area contributed by atoms with Crippen LogP contribution in [0, 0.1) is 6.92 Å². The molecule has 1 unspecified atom stereocenters. The van der Waals surface area contributed by atoms with Crippen LogP contribution < -0.4 is 5.32 Å². The predicted octanol–water partition coefficient (Wildman–Crippen LogP) is 2.78. The third-order valence-corrected chi connectivity index (χ3v) is 4.76. The van der Waals surface area contributed by atoms with Crippen molar-refractivity contribution in [3.05, 3.63) is 22.1 Å². The number of aryl methyl sites for hydroxylation is 1. The highest BCUT2D eigenvalue weighted by atomic mass is 79.9. The summed E-state index contributed by atoms with van der Waals surface area (Å²) in [7, 11) is 0. The van der Waals surface area contributed by atoms with Gasteiger partial charge in [-0.2, -0.15) is 0 Å². The van der Waals surface area contributed by atoms with Crippen LogP contribution in [0.2, 0.25) is 0 Å². The predicted molar refractivity (Wildman–Crippen MR) is 86.3 cm³/mol. The summed E-state index contributed by atoms with van der Waals surface area (Å²) in [4.78, 5) is 26.3. The summed E-state index contributed by atoms with van der Waals surface area (Å²) in [5.74, 6) is 1.15. The highest BCUT2D eigenvalue weighted by Crippen LogP contribution is 2.27. The zero-order chi connectivity index (χ0) is 15.4. The second kappa shape index (κ2) is 7.35. The molecule has 1 N–H and O–H groups in total. The van der Waals surface area contributed by atoms with Gasteiger partial charge in [0.25, 0.3) is 5.91 Å². The molecule has 1 aliphatic rings. The summed E-state index contributed by atoms with van der Waals surface area (Å²) >= 11 is 4.81. The average molecular weight is 375 g/mol. The lowest BCUT2D eigenvalue weighted by atomic mass is 10.2. The summed E-state index contributed by atoms with van der Waals surface area (Å²) in [6.45, 7) is 4.55. The smallest absolute Gasteiger partial charge is 0.291 e. The molecular weight excluding hydrogens is 356 g/mol. The fourth-order valence-electron chi connectivity index (χ4n) is 2.15. The number of nitrogens with zero attached hydrogens (tertiary/aromatic N) is 1. The molecule has 0 spiro atoms. The van der Waals surface area contributed by atoms with Gasteiger partial charge in [0, 0.05) is 17.9 Å². The van der Waals surface area contributed by atoms with Crippen molar-refractivity contribution >= 4 is 39.5 Å². The van der Waals surface area contributed by atoms with Gasteiger partial charge < -0.3 is 14.6 Å². The SMILES string of the molecule is CCCCNC(=O)C1CSCN1C(=O)c1oc(Br)cc1C. The third-order valence-electron chi connectivity index (χ3n) is 3.36. The topological polar surface area (TPSA) is 62.6 Å².